The van der Waals surface area contributed by atoms with Crippen molar-refractivity contribution in [3.63, 3.8) is 0 Å². The maximum Gasteiger partial charge on any atom is 0.167 e. The predicted molar refractivity (Wildman–Crippen MR) is 76.2 cm³/mol. The summed E-state index contributed by atoms with van der Waals surface area (Å²) in [6, 6.07) is 2.94. The van der Waals surface area contributed by atoms with Crippen LogP contribution in [0.5, 0.6) is 5.75 Å². The Kier molecular flexibility index (Phi) is 5.89. The summed E-state index contributed by atoms with van der Waals surface area (Å²) in [4.78, 5) is 0. The minimum absolute atomic E-state index is 0.0830. The minimum Gasteiger partial charge on any atom is -0.488 e. The molecular formula is C14H23FN2O2. The molecule has 3 N–H and O–H groups in total. The van der Waals surface area contributed by atoms with E-state index >= 15 is 0 Å². The van der Waals surface area contributed by atoms with E-state index in [-0.39, 0.29) is 17.9 Å². The molecule has 1 unspecified atom stereocenters. The molecule has 0 fully saturated rings. The number of ether oxygens (including phenoxy) is 2. The van der Waals surface area contributed by atoms with E-state index in [0.717, 1.165) is 0 Å². The fourth-order valence-corrected chi connectivity index (χ4v) is 1.64. The standard InChI is InChI=1S/C14H23FN2O2/c1-5-18-8-10(4)17-13-7-14(19-9(2)3)11(15)6-12(13)16/h6-7,9-10,17H,5,8,16H2,1-4H3. The lowest BCUT2D eigenvalue weighted by molar-refractivity contribution is 0.141. The third kappa shape index (κ3) is 4.95. The lowest BCUT2D eigenvalue weighted by Crippen LogP contribution is -2.22. The van der Waals surface area contributed by atoms with Gasteiger partial charge in [0, 0.05) is 24.8 Å². The minimum atomic E-state index is -0.450. The third-order valence-electron chi connectivity index (χ3n) is 2.44. The molecule has 1 aromatic rings. The first-order chi connectivity index (χ1) is 8.93. The first-order valence-electron chi connectivity index (χ1n) is 6.54. The molecule has 0 saturated heterocycles. The highest BCUT2D eigenvalue weighted by atomic mass is 19.1. The van der Waals surface area contributed by atoms with Crippen LogP contribution in [-0.4, -0.2) is 25.4 Å². The van der Waals surface area contributed by atoms with Gasteiger partial charge in [0.25, 0.3) is 0 Å². The fraction of sp³-hybridized carbons (Fsp3) is 0.571. The number of hydrogen-bond acceptors (Lipinski definition) is 4. The summed E-state index contributed by atoms with van der Waals surface area (Å²) in [6.07, 6.45) is -0.0909. The second-order valence-corrected chi connectivity index (χ2v) is 4.74. The molecular weight excluding hydrogens is 247 g/mol. The zero-order valence-electron chi connectivity index (χ0n) is 12.0. The molecule has 1 aromatic carbocycles. The van der Waals surface area contributed by atoms with E-state index in [1.807, 2.05) is 27.7 Å². The van der Waals surface area contributed by atoms with Crippen molar-refractivity contribution in [2.75, 3.05) is 24.3 Å². The molecule has 0 heterocycles. The summed E-state index contributed by atoms with van der Waals surface area (Å²) in [6.45, 7) is 8.83. The van der Waals surface area contributed by atoms with Crippen LogP contribution in [-0.2, 0) is 4.74 Å². The van der Waals surface area contributed by atoms with Crippen molar-refractivity contribution >= 4 is 11.4 Å². The van der Waals surface area contributed by atoms with Gasteiger partial charge in [-0.1, -0.05) is 0 Å². The molecule has 19 heavy (non-hydrogen) atoms. The topological polar surface area (TPSA) is 56.5 Å². The zero-order valence-corrected chi connectivity index (χ0v) is 12.0. The Balaban J connectivity index is 2.82. The summed E-state index contributed by atoms with van der Waals surface area (Å²) < 4.78 is 24.4. The van der Waals surface area contributed by atoms with Gasteiger partial charge in [0.15, 0.2) is 11.6 Å². The third-order valence-corrected chi connectivity index (χ3v) is 2.44. The number of rotatable bonds is 7. The zero-order chi connectivity index (χ0) is 14.4. The highest BCUT2D eigenvalue weighted by Crippen LogP contribution is 2.29. The van der Waals surface area contributed by atoms with E-state index in [0.29, 0.717) is 24.6 Å². The van der Waals surface area contributed by atoms with Gasteiger partial charge in [-0.15, -0.1) is 0 Å². The molecule has 0 spiro atoms. The Bertz CT molecular complexity index is 411. The van der Waals surface area contributed by atoms with E-state index < -0.39 is 5.82 Å². The molecule has 0 aliphatic heterocycles. The van der Waals surface area contributed by atoms with Crippen molar-refractivity contribution in [2.24, 2.45) is 0 Å². The number of nitrogens with two attached hydrogens (primary N) is 1. The van der Waals surface area contributed by atoms with Crippen molar-refractivity contribution < 1.29 is 13.9 Å². The number of nitrogen functional groups attached to an aromatic ring is 1. The summed E-state index contributed by atoms with van der Waals surface area (Å²) in [5.41, 5.74) is 6.81. The number of nitrogens with one attached hydrogen (secondary N) is 1. The van der Waals surface area contributed by atoms with Gasteiger partial charge < -0.3 is 20.5 Å². The molecule has 5 heteroatoms. The number of anilines is 2. The van der Waals surface area contributed by atoms with Crippen LogP contribution in [0.1, 0.15) is 27.7 Å². The highest BCUT2D eigenvalue weighted by molar-refractivity contribution is 5.69. The van der Waals surface area contributed by atoms with Crippen molar-refractivity contribution in [1.29, 1.82) is 0 Å². The largest absolute Gasteiger partial charge is 0.488 e. The van der Waals surface area contributed by atoms with Gasteiger partial charge in [-0.25, -0.2) is 4.39 Å². The molecule has 0 bridgehead atoms. The van der Waals surface area contributed by atoms with Gasteiger partial charge in [0.2, 0.25) is 0 Å². The van der Waals surface area contributed by atoms with Gasteiger partial charge in [-0.2, -0.15) is 0 Å². The highest BCUT2D eigenvalue weighted by Gasteiger charge is 2.12. The molecule has 0 radical (unpaired) electrons. The molecule has 0 aliphatic rings. The molecule has 108 valence electrons. The maximum absolute atomic E-state index is 13.7. The van der Waals surface area contributed by atoms with E-state index in [1.54, 1.807) is 6.07 Å². The molecule has 0 saturated carbocycles. The Morgan fingerprint density at radius 1 is 1.32 bits per heavy atom. The molecule has 0 aromatic heterocycles. The van der Waals surface area contributed by atoms with Crippen molar-refractivity contribution in [3.05, 3.63) is 17.9 Å². The van der Waals surface area contributed by atoms with Gasteiger partial charge in [-0.05, 0) is 27.7 Å². The normalized spacial score (nSPS) is 12.5. The van der Waals surface area contributed by atoms with Crippen molar-refractivity contribution in [2.45, 2.75) is 39.8 Å². The molecule has 0 amide bonds. The summed E-state index contributed by atoms with van der Waals surface area (Å²) >= 11 is 0. The molecule has 1 atom stereocenters. The van der Waals surface area contributed by atoms with E-state index in [2.05, 4.69) is 5.32 Å². The van der Waals surface area contributed by atoms with Crippen LogP contribution in [0, 0.1) is 5.82 Å². The van der Waals surface area contributed by atoms with Crippen LogP contribution in [0.4, 0.5) is 15.8 Å². The molecule has 1 rings (SSSR count). The average Bonchev–Trinajstić information content (AvgIpc) is 2.32. The van der Waals surface area contributed by atoms with Crippen LogP contribution in [0.15, 0.2) is 12.1 Å². The van der Waals surface area contributed by atoms with Gasteiger partial charge >= 0.3 is 0 Å². The first-order valence-corrected chi connectivity index (χ1v) is 6.54. The quantitative estimate of drug-likeness (QED) is 0.748. The Hall–Kier alpha value is -1.49. The second kappa shape index (κ2) is 7.19. The fourth-order valence-electron chi connectivity index (χ4n) is 1.64. The Labute approximate surface area is 114 Å². The van der Waals surface area contributed by atoms with E-state index in [4.69, 9.17) is 15.2 Å². The summed E-state index contributed by atoms with van der Waals surface area (Å²) in [5.74, 6) is -0.246. The summed E-state index contributed by atoms with van der Waals surface area (Å²) in [7, 11) is 0. The average molecular weight is 270 g/mol. The maximum atomic E-state index is 13.7. The second-order valence-electron chi connectivity index (χ2n) is 4.74. The lowest BCUT2D eigenvalue weighted by atomic mass is 10.2. The van der Waals surface area contributed by atoms with Crippen LogP contribution in [0.3, 0.4) is 0 Å². The van der Waals surface area contributed by atoms with E-state index in [1.165, 1.54) is 6.07 Å². The number of halogens is 1. The monoisotopic (exact) mass is 270 g/mol. The Morgan fingerprint density at radius 3 is 2.58 bits per heavy atom. The van der Waals surface area contributed by atoms with Gasteiger partial charge in [0.1, 0.15) is 0 Å². The Morgan fingerprint density at radius 2 is 2.00 bits per heavy atom. The molecule has 4 nitrogen and oxygen atoms in total. The van der Waals surface area contributed by atoms with Gasteiger partial charge in [0.05, 0.1) is 24.1 Å². The molecule has 0 aliphatic carbocycles. The number of hydrogen-bond donors (Lipinski definition) is 2. The van der Waals surface area contributed by atoms with Crippen molar-refractivity contribution in [3.8, 4) is 5.75 Å². The van der Waals surface area contributed by atoms with E-state index in [9.17, 15) is 4.39 Å². The first kappa shape index (κ1) is 15.6. The smallest absolute Gasteiger partial charge is 0.167 e. The summed E-state index contributed by atoms with van der Waals surface area (Å²) in [5, 5.41) is 3.19. The van der Waals surface area contributed by atoms with Gasteiger partial charge in [-0.3, -0.25) is 0 Å². The van der Waals surface area contributed by atoms with Crippen LogP contribution in [0.2, 0.25) is 0 Å². The van der Waals surface area contributed by atoms with Crippen LogP contribution >= 0.6 is 0 Å². The van der Waals surface area contributed by atoms with Crippen molar-refractivity contribution in [1.82, 2.24) is 0 Å². The van der Waals surface area contributed by atoms with Crippen LogP contribution in [0.25, 0.3) is 0 Å². The van der Waals surface area contributed by atoms with Crippen LogP contribution < -0.4 is 15.8 Å². The lowest BCUT2D eigenvalue weighted by Gasteiger charge is -2.18. The SMILES string of the molecule is CCOCC(C)Nc1cc(OC(C)C)c(F)cc1N. The number of benzene rings is 1. The predicted octanol–water partition coefficient (Wildman–Crippen LogP) is 3.03.